The fourth-order valence-corrected chi connectivity index (χ4v) is 2.08. The lowest BCUT2D eigenvalue weighted by Crippen LogP contribution is -2.08. The maximum absolute atomic E-state index is 11.9. The molecular formula is C16H12O2. The van der Waals surface area contributed by atoms with Crippen LogP contribution in [0, 0.1) is 6.42 Å². The summed E-state index contributed by atoms with van der Waals surface area (Å²) in [5.41, 5.74) is 2.90. The Labute approximate surface area is 106 Å². The van der Waals surface area contributed by atoms with Crippen LogP contribution in [0.15, 0.2) is 48.5 Å². The van der Waals surface area contributed by atoms with Crippen LogP contribution in [0.1, 0.15) is 27.9 Å². The van der Waals surface area contributed by atoms with Crippen molar-refractivity contribution < 1.29 is 9.53 Å². The van der Waals surface area contributed by atoms with Crippen molar-refractivity contribution in [1.29, 1.82) is 0 Å². The number of benzene rings is 2. The first-order chi connectivity index (χ1) is 8.83. The highest BCUT2D eigenvalue weighted by molar-refractivity contribution is 5.91. The fraction of sp³-hybridized carbons (Fsp3) is 0.125. The first kappa shape index (κ1) is 11.0. The molecule has 0 saturated carbocycles. The van der Waals surface area contributed by atoms with Crippen molar-refractivity contribution >= 4 is 5.97 Å². The van der Waals surface area contributed by atoms with E-state index in [4.69, 9.17) is 4.74 Å². The van der Waals surface area contributed by atoms with Crippen molar-refractivity contribution in [3.63, 3.8) is 0 Å². The van der Waals surface area contributed by atoms with Crippen molar-refractivity contribution in [1.82, 2.24) is 0 Å². The second kappa shape index (κ2) is 4.65. The van der Waals surface area contributed by atoms with Crippen LogP contribution in [0.25, 0.3) is 0 Å². The Morgan fingerprint density at radius 1 is 1.11 bits per heavy atom. The standard InChI is InChI=1S/C16H12O2/c17-16(13-5-2-1-3-6-13)18-15-10-9-12-7-4-8-14(12)11-15/h1-3,5-6,9-11H,4,8H2. The van der Waals surface area contributed by atoms with E-state index < -0.39 is 0 Å². The second-order valence-corrected chi connectivity index (χ2v) is 4.25. The van der Waals surface area contributed by atoms with Gasteiger partial charge in [-0.1, -0.05) is 24.3 Å². The van der Waals surface area contributed by atoms with Crippen LogP contribution in [0.2, 0.25) is 0 Å². The molecule has 2 heteroatoms. The molecule has 1 aliphatic rings. The van der Waals surface area contributed by atoms with Gasteiger partial charge in [0, 0.05) is 6.42 Å². The molecule has 88 valence electrons. The predicted octanol–water partition coefficient (Wildman–Crippen LogP) is 3.28. The third-order valence-electron chi connectivity index (χ3n) is 3.01. The van der Waals surface area contributed by atoms with Gasteiger partial charge in [-0.15, -0.1) is 0 Å². The minimum Gasteiger partial charge on any atom is -0.423 e. The first-order valence-electron chi connectivity index (χ1n) is 5.97. The Morgan fingerprint density at radius 3 is 2.78 bits per heavy atom. The molecule has 0 unspecified atom stereocenters. The zero-order valence-corrected chi connectivity index (χ0v) is 9.85. The Balaban J connectivity index is 1.79. The van der Waals surface area contributed by atoms with E-state index in [9.17, 15) is 4.79 Å². The summed E-state index contributed by atoms with van der Waals surface area (Å²) < 4.78 is 5.36. The molecule has 3 rings (SSSR count). The molecule has 0 spiro atoms. The van der Waals surface area contributed by atoms with Gasteiger partial charge in [-0.2, -0.15) is 0 Å². The van der Waals surface area contributed by atoms with Gasteiger partial charge in [0.2, 0.25) is 0 Å². The van der Waals surface area contributed by atoms with Gasteiger partial charge in [0.25, 0.3) is 0 Å². The van der Waals surface area contributed by atoms with E-state index in [1.54, 1.807) is 12.1 Å². The highest BCUT2D eigenvalue weighted by Crippen LogP contribution is 2.27. The molecule has 2 radical (unpaired) electrons. The lowest BCUT2D eigenvalue weighted by Gasteiger charge is -2.06. The topological polar surface area (TPSA) is 26.3 Å². The number of carbonyl (C=O) groups is 1. The van der Waals surface area contributed by atoms with Crippen molar-refractivity contribution in [2.45, 2.75) is 12.8 Å². The van der Waals surface area contributed by atoms with E-state index in [1.807, 2.05) is 36.4 Å². The van der Waals surface area contributed by atoms with Crippen LogP contribution in [-0.4, -0.2) is 5.97 Å². The number of rotatable bonds is 2. The summed E-state index contributed by atoms with van der Waals surface area (Å²) >= 11 is 0. The molecule has 2 aromatic rings. The van der Waals surface area contributed by atoms with E-state index >= 15 is 0 Å². The summed E-state index contributed by atoms with van der Waals surface area (Å²) in [4.78, 5) is 11.9. The van der Waals surface area contributed by atoms with Crippen LogP contribution < -0.4 is 4.74 Å². The van der Waals surface area contributed by atoms with E-state index in [0.717, 1.165) is 18.4 Å². The highest BCUT2D eigenvalue weighted by Gasteiger charge is 2.14. The highest BCUT2D eigenvalue weighted by atomic mass is 16.5. The number of fused-ring (bicyclic) bond motifs is 1. The van der Waals surface area contributed by atoms with Crippen LogP contribution in [0.3, 0.4) is 0 Å². The summed E-state index contributed by atoms with van der Waals surface area (Å²) in [6.45, 7) is 0. The van der Waals surface area contributed by atoms with Crippen molar-refractivity contribution in [3.05, 3.63) is 71.6 Å². The molecule has 0 saturated heterocycles. The van der Waals surface area contributed by atoms with Crippen LogP contribution >= 0.6 is 0 Å². The molecule has 0 amide bonds. The molecule has 1 aliphatic carbocycles. The number of hydrogen-bond acceptors (Lipinski definition) is 2. The number of carbonyl (C=O) groups excluding carboxylic acids is 1. The molecule has 0 bridgehead atoms. The average molecular weight is 236 g/mol. The molecule has 0 aromatic heterocycles. The molecule has 18 heavy (non-hydrogen) atoms. The van der Waals surface area contributed by atoms with Crippen molar-refractivity contribution in [3.8, 4) is 5.75 Å². The molecule has 0 heterocycles. The van der Waals surface area contributed by atoms with Crippen LogP contribution in [0.5, 0.6) is 5.75 Å². The molecule has 0 fully saturated rings. The minimum absolute atomic E-state index is 0.318. The van der Waals surface area contributed by atoms with E-state index in [2.05, 4.69) is 6.42 Å². The molecular weight excluding hydrogens is 224 g/mol. The largest absolute Gasteiger partial charge is 0.423 e. The van der Waals surface area contributed by atoms with Gasteiger partial charge in [0.15, 0.2) is 0 Å². The summed E-state index contributed by atoms with van der Waals surface area (Å²) in [5, 5.41) is 0. The molecule has 0 atom stereocenters. The third-order valence-corrected chi connectivity index (χ3v) is 3.01. The van der Waals surface area contributed by atoms with Crippen molar-refractivity contribution in [2.75, 3.05) is 0 Å². The summed E-state index contributed by atoms with van der Waals surface area (Å²) in [7, 11) is 0. The predicted molar refractivity (Wildman–Crippen MR) is 68.5 cm³/mol. The van der Waals surface area contributed by atoms with Gasteiger partial charge in [-0.25, -0.2) is 4.79 Å². The summed E-state index contributed by atoms with van der Waals surface area (Å²) in [6, 6.07) is 14.7. The maximum Gasteiger partial charge on any atom is 0.343 e. The lowest BCUT2D eigenvalue weighted by molar-refractivity contribution is 0.0734. The Bertz CT molecular complexity index is 573. The molecule has 0 N–H and O–H groups in total. The third kappa shape index (κ3) is 2.14. The lowest BCUT2D eigenvalue weighted by atomic mass is 10.1. The van der Waals surface area contributed by atoms with Gasteiger partial charge in [-0.05, 0) is 48.2 Å². The van der Waals surface area contributed by atoms with Gasteiger partial charge in [-0.3, -0.25) is 0 Å². The van der Waals surface area contributed by atoms with Gasteiger partial charge in [0.05, 0.1) is 5.56 Å². The summed E-state index contributed by atoms with van der Waals surface area (Å²) in [5.74, 6) is 0.285. The number of hydrogen-bond donors (Lipinski definition) is 0. The molecule has 2 aromatic carbocycles. The summed E-state index contributed by atoms with van der Waals surface area (Å²) in [6.07, 6.45) is 5.20. The Morgan fingerprint density at radius 2 is 1.94 bits per heavy atom. The zero-order valence-electron chi connectivity index (χ0n) is 9.85. The smallest absolute Gasteiger partial charge is 0.343 e. The Hall–Kier alpha value is -2.09. The van der Waals surface area contributed by atoms with E-state index in [1.165, 1.54) is 5.56 Å². The van der Waals surface area contributed by atoms with Crippen molar-refractivity contribution in [2.24, 2.45) is 0 Å². The molecule has 0 aliphatic heterocycles. The van der Waals surface area contributed by atoms with Crippen LogP contribution in [0.4, 0.5) is 0 Å². The molecule has 2 nitrogen and oxygen atoms in total. The fourth-order valence-electron chi connectivity index (χ4n) is 2.08. The van der Waals surface area contributed by atoms with E-state index in [-0.39, 0.29) is 5.97 Å². The quantitative estimate of drug-likeness (QED) is 0.591. The number of aryl methyl sites for hydroxylation is 1. The van der Waals surface area contributed by atoms with Crippen LogP contribution in [-0.2, 0) is 6.42 Å². The van der Waals surface area contributed by atoms with Gasteiger partial charge in [0.1, 0.15) is 5.75 Å². The normalized spacial score (nSPS) is 13.1. The van der Waals surface area contributed by atoms with Gasteiger partial charge >= 0.3 is 5.97 Å². The minimum atomic E-state index is -0.318. The maximum atomic E-state index is 11.9. The zero-order chi connectivity index (χ0) is 12.4. The monoisotopic (exact) mass is 236 g/mol. The van der Waals surface area contributed by atoms with Gasteiger partial charge < -0.3 is 4.74 Å². The first-order valence-corrected chi connectivity index (χ1v) is 5.97. The van der Waals surface area contributed by atoms with E-state index in [0.29, 0.717) is 11.3 Å². The SMILES string of the molecule is O=C(Oc1ccc2c(c1)CC[C]2)c1ccccc1. The number of esters is 1. The number of ether oxygens (including phenoxy) is 1. The second-order valence-electron chi connectivity index (χ2n) is 4.25. The Kier molecular flexibility index (Phi) is 2.85. The average Bonchev–Trinajstić information content (AvgIpc) is 2.87.